The number of hydrogen-bond donors (Lipinski definition) is 0. The van der Waals surface area contributed by atoms with E-state index in [4.69, 9.17) is 0 Å². The molecule has 0 unspecified atom stereocenters. The molecule has 0 aliphatic carbocycles. The van der Waals surface area contributed by atoms with Gasteiger partial charge in [0.25, 0.3) is 5.56 Å². The van der Waals surface area contributed by atoms with Crippen LogP contribution in [0.15, 0.2) is 39.8 Å². The quantitative estimate of drug-likeness (QED) is 0.847. The van der Waals surface area contributed by atoms with Crippen molar-refractivity contribution in [3.8, 4) is 0 Å². The maximum absolute atomic E-state index is 12.0. The van der Waals surface area contributed by atoms with Crippen LogP contribution in [0.2, 0.25) is 0 Å². The molecule has 4 heteroatoms. The van der Waals surface area contributed by atoms with Gasteiger partial charge in [-0.25, -0.2) is 0 Å². The Balaban J connectivity index is 1.60. The van der Waals surface area contributed by atoms with Crippen LogP contribution in [0.3, 0.4) is 0 Å². The summed E-state index contributed by atoms with van der Waals surface area (Å²) >= 11 is 1.77. The standard InChI is InChI=1S/C16H18N2OS/c19-16-3-1-2-15-14-6-13(9-18(15)16)8-17(10-14)7-12-4-5-20-11-12/h1-5,11,13-14H,6-10H2/t13-,14-/m0/s1. The van der Waals surface area contributed by atoms with Crippen LogP contribution >= 0.6 is 11.3 Å². The van der Waals surface area contributed by atoms with E-state index in [1.54, 1.807) is 17.4 Å². The largest absolute Gasteiger partial charge is 0.312 e. The van der Waals surface area contributed by atoms with Gasteiger partial charge in [0.05, 0.1) is 0 Å². The molecule has 0 N–H and O–H groups in total. The lowest BCUT2D eigenvalue weighted by molar-refractivity contribution is 0.114. The Kier molecular flexibility index (Phi) is 3.00. The highest BCUT2D eigenvalue weighted by molar-refractivity contribution is 7.07. The van der Waals surface area contributed by atoms with Crippen molar-refractivity contribution in [1.82, 2.24) is 9.47 Å². The van der Waals surface area contributed by atoms with Crippen molar-refractivity contribution in [2.75, 3.05) is 13.1 Å². The summed E-state index contributed by atoms with van der Waals surface area (Å²) < 4.78 is 2.00. The summed E-state index contributed by atoms with van der Waals surface area (Å²) in [5.74, 6) is 1.15. The summed E-state index contributed by atoms with van der Waals surface area (Å²) in [6.45, 7) is 4.14. The molecule has 2 bridgehead atoms. The molecule has 4 heterocycles. The van der Waals surface area contributed by atoms with E-state index in [2.05, 4.69) is 27.8 Å². The summed E-state index contributed by atoms with van der Waals surface area (Å²) in [4.78, 5) is 14.5. The minimum Gasteiger partial charge on any atom is -0.312 e. The molecule has 2 aliphatic heterocycles. The number of aromatic nitrogens is 1. The zero-order valence-corrected chi connectivity index (χ0v) is 12.2. The third kappa shape index (κ3) is 2.13. The summed E-state index contributed by atoms with van der Waals surface area (Å²) in [5.41, 5.74) is 2.83. The van der Waals surface area contributed by atoms with Gasteiger partial charge in [0, 0.05) is 43.9 Å². The normalized spacial score (nSPS) is 25.4. The van der Waals surface area contributed by atoms with E-state index in [0.29, 0.717) is 11.8 Å². The predicted octanol–water partition coefficient (Wildman–Crippen LogP) is 2.53. The number of rotatable bonds is 2. The van der Waals surface area contributed by atoms with Gasteiger partial charge in [-0.1, -0.05) is 6.07 Å². The Labute approximate surface area is 122 Å². The van der Waals surface area contributed by atoms with Gasteiger partial charge in [-0.2, -0.15) is 11.3 Å². The van der Waals surface area contributed by atoms with Gasteiger partial charge in [-0.3, -0.25) is 9.69 Å². The Bertz CT molecular complexity index is 661. The molecule has 0 aromatic carbocycles. The molecule has 0 saturated carbocycles. The number of thiophene rings is 1. The van der Waals surface area contributed by atoms with Crippen molar-refractivity contribution in [3.05, 3.63) is 56.6 Å². The fourth-order valence-electron chi connectivity index (χ4n) is 3.77. The van der Waals surface area contributed by atoms with E-state index >= 15 is 0 Å². The second kappa shape index (κ2) is 4.86. The van der Waals surface area contributed by atoms with E-state index in [9.17, 15) is 4.79 Å². The van der Waals surface area contributed by atoms with Crippen LogP contribution < -0.4 is 5.56 Å². The maximum Gasteiger partial charge on any atom is 0.250 e. The molecule has 2 aliphatic rings. The molecule has 2 aromatic rings. The first-order valence-electron chi connectivity index (χ1n) is 7.23. The minimum atomic E-state index is 0.170. The highest BCUT2D eigenvalue weighted by Crippen LogP contribution is 2.35. The summed E-state index contributed by atoms with van der Waals surface area (Å²) in [7, 11) is 0. The van der Waals surface area contributed by atoms with Gasteiger partial charge in [0.2, 0.25) is 0 Å². The third-order valence-corrected chi connectivity index (χ3v) is 5.27. The lowest BCUT2D eigenvalue weighted by Crippen LogP contribution is -2.46. The fourth-order valence-corrected chi connectivity index (χ4v) is 4.43. The van der Waals surface area contributed by atoms with E-state index in [1.165, 1.54) is 17.7 Å². The zero-order chi connectivity index (χ0) is 13.5. The van der Waals surface area contributed by atoms with Crippen LogP contribution in [0.5, 0.6) is 0 Å². The van der Waals surface area contributed by atoms with Crippen LogP contribution in [0, 0.1) is 5.92 Å². The summed E-state index contributed by atoms with van der Waals surface area (Å²) in [6.07, 6.45) is 1.24. The van der Waals surface area contributed by atoms with Gasteiger partial charge in [0.1, 0.15) is 0 Å². The second-order valence-electron chi connectivity index (χ2n) is 6.02. The smallest absolute Gasteiger partial charge is 0.250 e. The van der Waals surface area contributed by atoms with Crippen molar-refractivity contribution in [3.63, 3.8) is 0 Å². The lowest BCUT2D eigenvalue weighted by atomic mass is 9.83. The lowest BCUT2D eigenvalue weighted by Gasteiger charge is -2.42. The first kappa shape index (κ1) is 12.4. The van der Waals surface area contributed by atoms with Crippen LogP contribution in [-0.4, -0.2) is 22.6 Å². The highest BCUT2D eigenvalue weighted by Gasteiger charge is 2.34. The first-order chi connectivity index (χ1) is 9.79. The van der Waals surface area contributed by atoms with E-state index in [-0.39, 0.29) is 5.56 Å². The Morgan fingerprint density at radius 3 is 3.00 bits per heavy atom. The van der Waals surface area contributed by atoms with Crippen molar-refractivity contribution >= 4 is 11.3 Å². The number of hydrogen-bond acceptors (Lipinski definition) is 3. The SMILES string of the molecule is O=c1cccc2n1C[C@H]1C[C@H]2CN(Cc2ccsc2)C1. The van der Waals surface area contributed by atoms with Crippen molar-refractivity contribution in [2.45, 2.75) is 25.4 Å². The maximum atomic E-state index is 12.0. The van der Waals surface area contributed by atoms with Gasteiger partial charge in [0.15, 0.2) is 0 Å². The Morgan fingerprint density at radius 2 is 2.15 bits per heavy atom. The molecule has 0 radical (unpaired) electrons. The number of nitrogens with zero attached hydrogens (tertiary/aromatic N) is 2. The van der Waals surface area contributed by atoms with Crippen molar-refractivity contribution in [1.29, 1.82) is 0 Å². The van der Waals surface area contributed by atoms with Crippen molar-refractivity contribution < 1.29 is 0 Å². The molecule has 20 heavy (non-hydrogen) atoms. The van der Waals surface area contributed by atoms with Crippen LogP contribution in [0.1, 0.15) is 23.6 Å². The average molecular weight is 286 g/mol. The molecule has 4 rings (SSSR count). The minimum absolute atomic E-state index is 0.170. The molecular weight excluding hydrogens is 268 g/mol. The Hall–Kier alpha value is -1.39. The van der Waals surface area contributed by atoms with Crippen LogP contribution in [0.25, 0.3) is 0 Å². The molecule has 1 fully saturated rings. The third-order valence-electron chi connectivity index (χ3n) is 4.54. The van der Waals surface area contributed by atoms with Crippen molar-refractivity contribution in [2.24, 2.45) is 5.92 Å². The van der Waals surface area contributed by atoms with E-state index in [0.717, 1.165) is 26.2 Å². The first-order valence-corrected chi connectivity index (χ1v) is 8.17. The molecule has 1 saturated heterocycles. The number of fused-ring (bicyclic) bond motifs is 4. The summed E-state index contributed by atoms with van der Waals surface area (Å²) in [6, 6.07) is 7.95. The zero-order valence-electron chi connectivity index (χ0n) is 11.4. The van der Waals surface area contributed by atoms with Crippen LogP contribution in [0.4, 0.5) is 0 Å². The molecule has 2 atom stereocenters. The molecule has 2 aromatic heterocycles. The molecule has 0 amide bonds. The molecule has 104 valence electrons. The van der Waals surface area contributed by atoms with Gasteiger partial charge in [-0.15, -0.1) is 0 Å². The molecule has 0 spiro atoms. The van der Waals surface area contributed by atoms with Gasteiger partial charge in [-0.05, 0) is 40.8 Å². The average Bonchev–Trinajstić information content (AvgIpc) is 2.93. The second-order valence-corrected chi connectivity index (χ2v) is 6.80. The summed E-state index contributed by atoms with van der Waals surface area (Å²) in [5, 5.41) is 4.39. The molecular formula is C16H18N2OS. The predicted molar refractivity (Wildman–Crippen MR) is 81.1 cm³/mol. The topological polar surface area (TPSA) is 25.2 Å². The highest BCUT2D eigenvalue weighted by atomic mass is 32.1. The number of likely N-dealkylation sites (tertiary alicyclic amines) is 1. The van der Waals surface area contributed by atoms with Crippen LogP contribution in [-0.2, 0) is 13.1 Å². The van der Waals surface area contributed by atoms with Gasteiger partial charge >= 0.3 is 0 Å². The number of pyridine rings is 1. The van der Waals surface area contributed by atoms with E-state index in [1.807, 2.05) is 10.6 Å². The van der Waals surface area contributed by atoms with Gasteiger partial charge < -0.3 is 4.57 Å². The monoisotopic (exact) mass is 286 g/mol. The Morgan fingerprint density at radius 1 is 1.20 bits per heavy atom. The number of piperidine rings is 1. The van der Waals surface area contributed by atoms with E-state index < -0.39 is 0 Å². The molecule has 3 nitrogen and oxygen atoms in total. The fraction of sp³-hybridized carbons (Fsp3) is 0.438.